The lowest BCUT2D eigenvalue weighted by atomic mass is 10.1. The molecule has 2 aromatic carbocycles. The first-order valence-corrected chi connectivity index (χ1v) is 10.0. The molecule has 1 fully saturated rings. The van der Waals surface area contributed by atoms with Crippen LogP contribution in [0.5, 0.6) is 5.75 Å². The van der Waals surface area contributed by atoms with Gasteiger partial charge in [0.15, 0.2) is 0 Å². The maximum Gasteiger partial charge on any atom is 0.297 e. The van der Waals surface area contributed by atoms with Crippen molar-refractivity contribution in [2.75, 3.05) is 13.2 Å². The molecule has 6 nitrogen and oxygen atoms in total. The summed E-state index contributed by atoms with van der Waals surface area (Å²) in [5, 5.41) is 9.04. The van der Waals surface area contributed by atoms with E-state index in [0.717, 1.165) is 0 Å². The maximum atomic E-state index is 13.0. The molecule has 3 rings (SSSR count). The number of hydrogen-bond acceptors (Lipinski definition) is 6. The number of ether oxygens (including phenoxy) is 2. The van der Waals surface area contributed by atoms with Gasteiger partial charge in [0.2, 0.25) is 0 Å². The van der Waals surface area contributed by atoms with E-state index in [1.165, 1.54) is 36.4 Å². The number of benzene rings is 2. The van der Waals surface area contributed by atoms with Gasteiger partial charge in [-0.05, 0) is 49.2 Å². The van der Waals surface area contributed by atoms with Crippen molar-refractivity contribution < 1.29 is 31.6 Å². The first-order valence-electron chi connectivity index (χ1n) is 8.61. The lowest BCUT2D eigenvalue weighted by Gasteiger charge is -2.18. The Morgan fingerprint density at radius 2 is 1.78 bits per heavy atom. The largest absolute Gasteiger partial charge is 0.491 e. The molecule has 0 aromatic heterocycles. The predicted octanol–water partition coefficient (Wildman–Crippen LogP) is 2.52. The van der Waals surface area contributed by atoms with Gasteiger partial charge < -0.3 is 14.6 Å². The summed E-state index contributed by atoms with van der Waals surface area (Å²) in [5.41, 5.74) is 0. The quantitative estimate of drug-likeness (QED) is 0.491. The average Bonchev–Trinajstić information content (AvgIpc) is 3.44. The van der Waals surface area contributed by atoms with Crippen molar-refractivity contribution in [2.45, 2.75) is 36.0 Å². The van der Waals surface area contributed by atoms with Crippen LogP contribution in [0.15, 0.2) is 59.5 Å². The van der Waals surface area contributed by atoms with E-state index in [0.29, 0.717) is 18.6 Å². The third-order valence-electron chi connectivity index (χ3n) is 4.18. The molecule has 1 N–H and O–H groups in total. The maximum absolute atomic E-state index is 13.0. The summed E-state index contributed by atoms with van der Waals surface area (Å²) in [6.45, 7) is -0.0845. The van der Waals surface area contributed by atoms with E-state index < -0.39 is 16.2 Å². The van der Waals surface area contributed by atoms with Crippen LogP contribution < -0.4 is 4.74 Å². The normalized spacial score (nSPS) is 20.2. The third kappa shape index (κ3) is 5.74. The molecule has 3 atom stereocenters. The molecule has 1 aliphatic rings. The number of aliphatic hydroxyl groups is 1. The van der Waals surface area contributed by atoms with Gasteiger partial charge in [0, 0.05) is 0 Å². The summed E-state index contributed by atoms with van der Waals surface area (Å²) in [6.07, 6.45) is -0.147. The minimum absolute atomic E-state index is 0.0196. The van der Waals surface area contributed by atoms with Gasteiger partial charge in [-0.2, -0.15) is 8.42 Å². The fourth-order valence-corrected chi connectivity index (χ4v) is 3.76. The molecule has 1 saturated heterocycles. The van der Waals surface area contributed by atoms with E-state index in [1.54, 1.807) is 18.2 Å². The van der Waals surface area contributed by atoms with Crippen LogP contribution in [0.4, 0.5) is 4.39 Å². The lowest BCUT2D eigenvalue weighted by Crippen LogP contribution is -2.26. The van der Waals surface area contributed by atoms with E-state index >= 15 is 0 Å². The number of rotatable bonds is 10. The van der Waals surface area contributed by atoms with Gasteiger partial charge in [-0.25, -0.2) is 4.39 Å². The topological polar surface area (TPSA) is 85.4 Å². The van der Waals surface area contributed by atoms with Crippen LogP contribution in [0.25, 0.3) is 0 Å². The highest BCUT2D eigenvalue weighted by Gasteiger charge is 2.38. The SMILES string of the molecule is O=S(=O)(OC(CCC1OC1CO)COc1ccc(F)cc1)c1ccccc1. The Balaban J connectivity index is 1.64. The Morgan fingerprint density at radius 3 is 2.41 bits per heavy atom. The second-order valence-corrected chi connectivity index (χ2v) is 7.80. The highest BCUT2D eigenvalue weighted by atomic mass is 32.2. The molecule has 1 aliphatic heterocycles. The number of epoxide rings is 1. The minimum atomic E-state index is -3.95. The highest BCUT2D eigenvalue weighted by Crippen LogP contribution is 2.28. The first kappa shape index (κ1) is 19.8. The highest BCUT2D eigenvalue weighted by molar-refractivity contribution is 7.86. The van der Waals surface area contributed by atoms with Gasteiger partial charge >= 0.3 is 0 Å². The van der Waals surface area contributed by atoms with Gasteiger partial charge in [0.1, 0.15) is 30.4 Å². The predicted molar refractivity (Wildman–Crippen MR) is 95.4 cm³/mol. The zero-order valence-electron chi connectivity index (χ0n) is 14.5. The third-order valence-corrected chi connectivity index (χ3v) is 5.56. The van der Waals surface area contributed by atoms with Crippen molar-refractivity contribution in [2.24, 2.45) is 0 Å². The van der Waals surface area contributed by atoms with E-state index in [-0.39, 0.29) is 36.1 Å². The molecule has 0 amide bonds. The van der Waals surface area contributed by atoms with Crippen LogP contribution in [-0.4, -0.2) is 45.0 Å². The number of halogens is 1. The molecule has 0 aliphatic carbocycles. The molecule has 0 saturated carbocycles. The Labute approximate surface area is 157 Å². The summed E-state index contributed by atoms with van der Waals surface area (Å²) >= 11 is 0. The molecule has 146 valence electrons. The van der Waals surface area contributed by atoms with E-state index in [9.17, 15) is 12.8 Å². The van der Waals surface area contributed by atoms with Crippen molar-refractivity contribution in [1.82, 2.24) is 0 Å². The van der Waals surface area contributed by atoms with Crippen LogP contribution in [0, 0.1) is 5.82 Å². The second-order valence-electron chi connectivity index (χ2n) is 6.22. The van der Waals surface area contributed by atoms with Crippen molar-refractivity contribution in [3.63, 3.8) is 0 Å². The molecule has 0 spiro atoms. The van der Waals surface area contributed by atoms with E-state index in [2.05, 4.69) is 0 Å². The lowest BCUT2D eigenvalue weighted by molar-refractivity contribution is 0.122. The monoisotopic (exact) mass is 396 g/mol. The van der Waals surface area contributed by atoms with Crippen molar-refractivity contribution >= 4 is 10.1 Å². The molecule has 2 aromatic rings. The van der Waals surface area contributed by atoms with Crippen molar-refractivity contribution in [1.29, 1.82) is 0 Å². The van der Waals surface area contributed by atoms with Gasteiger partial charge in [-0.15, -0.1) is 0 Å². The zero-order chi connectivity index (χ0) is 19.3. The van der Waals surface area contributed by atoms with Gasteiger partial charge in [-0.1, -0.05) is 18.2 Å². The number of aliphatic hydroxyl groups excluding tert-OH is 1. The zero-order valence-corrected chi connectivity index (χ0v) is 15.3. The van der Waals surface area contributed by atoms with E-state index in [4.69, 9.17) is 18.8 Å². The van der Waals surface area contributed by atoms with Gasteiger partial charge in [0.05, 0.1) is 17.6 Å². The van der Waals surface area contributed by atoms with Crippen LogP contribution in [0.2, 0.25) is 0 Å². The molecular formula is C19H21FO6S. The molecular weight excluding hydrogens is 375 g/mol. The first-order chi connectivity index (χ1) is 13.0. The Kier molecular flexibility index (Phi) is 6.43. The van der Waals surface area contributed by atoms with Gasteiger partial charge in [0.25, 0.3) is 10.1 Å². The molecule has 0 bridgehead atoms. The standard InChI is InChI=1S/C19H21FO6S/c20-14-6-8-15(9-7-14)24-13-16(10-11-18-19(12-21)25-18)26-27(22,23)17-4-2-1-3-5-17/h1-9,16,18-19,21H,10-13H2. The second kappa shape index (κ2) is 8.79. The van der Waals surface area contributed by atoms with Crippen LogP contribution in [-0.2, 0) is 19.0 Å². The van der Waals surface area contributed by atoms with Crippen LogP contribution >= 0.6 is 0 Å². The Hall–Kier alpha value is -2.00. The molecule has 0 radical (unpaired) electrons. The van der Waals surface area contributed by atoms with E-state index in [1.807, 2.05) is 0 Å². The molecule has 3 unspecified atom stereocenters. The number of hydrogen-bond donors (Lipinski definition) is 1. The Morgan fingerprint density at radius 1 is 1.07 bits per heavy atom. The fraction of sp³-hybridized carbons (Fsp3) is 0.368. The summed E-state index contributed by atoms with van der Waals surface area (Å²) in [6, 6.07) is 13.3. The molecule has 8 heteroatoms. The summed E-state index contributed by atoms with van der Waals surface area (Å²) < 4.78 is 54.2. The van der Waals surface area contributed by atoms with Crippen molar-refractivity contribution in [3.05, 3.63) is 60.4 Å². The van der Waals surface area contributed by atoms with Crippen molar-refractivity contribution in [3.8, 4) is 5.75 Å². The van der Waals surface area contributed by atoms with Crippen LogP contribution in [0.3, 0.4) is 0 Å². The fourth-order valence-electron chi connectivity index (χ4n) is 2.64. The summed E-state index contributed by atoms with van der Waals surface area (Å²) in [7, 11) is -3.95. The van der Waals surface area contributed by atoms with Gasteiger partial charge in [-0.3, -0.25) is 4.18 Å². The Bertz CT molecular complexity index is 825. The summed E-state index contributed by atoms with van der Waals surface area (Å²) in [5.74, 6) is 0.0285. The minimum Gasteiger partial charge on any atom is -0.491 e. The average molecular weight is 396 g/mol. The molecule has 27 heavy (non-hydrogen) atoms. The van der Waals surface area contributed by atoms with Crippen LogP contribution in [0.1, 0.15) is 12.8 Å². The summed E-state index contributed by atoms with van der Waals surface area (Å²) in [4.78, 5) is 0.0627. The molecule has 1 heterocycles. The smallest absolute Gasteiger partial charge is 0.297 e.